The summed E-state index contributed by atoms with van der Waals surface area (Å²) >= 11 is 0. The Morgan fingerprint density at radius 2 is 1.28 bits per heavy atom. The fourth-order valence-electron chi connectivity index (χ4n) is 5.73. The van der Waals surface area contributed by atoms with Gasteiger partial charge in [0.25, 0.3) is 11.9 Å². The Morgan fingerprint density at radius 3 is 1.91 bits per heavy atom. The molecule has 7 N–H and O–H groups in total. The number of ether oxygens (including phenoxy) is 3. The van der Waals surface area contributed by atoms with Crippen LogP contribution in [0.1, 0.15) is 32.1 Å². The number of anilines is 3. The maximum atomic E-state index is 12.6. The van der Waals surface area contributed by atoms with Crippen molar-refractivity contribution in [3.05, 3.63) is 95.6 Å². The monoisotopic (exact) mass is 774 g/mol. The van der Waals surface area contributed by atoms with E-state index >= 15 is 0 Å². The minimum Gasteiger partial charge on any atom is -0.467 e. The summed E-state index contributed by atoms with van der Waals surface area (Å²) in [7, 11) is 3.95. The molecular formula is C35H36N17O5+. The van der Waals surface area contributed by atoms with Crippen molar-refractivity contribution in [2.45, 2.75) is 13.8 Å². The maximum absolute atomic E-state index is 12.6. The summed E-state index contributed by atoms with van der Waals surface area (Å²) in [5, 5.41) is 31.6. The summed E-state index contributed by atoms with van der Waals surface area (Å²) in [4.78, 5) is 38.4. The molecule has 57 heavy (non-hydrogen) atoms. The summed E-state index contributed by atoms with van der Waals surface area (Å²) in [5.41, 5.74) is 16.6. The first-order valence-corrected chi connectivity index (χ1v) is 17.1. The van der Waals surface area contributed by atoms with Crippen molar-refractivity contribution in [2.24, 2.45) is 10.2 Å². The number of hydrogen-bond donors (Lipinski definition) is 4. The van der Waals surface area contributed by atoms with E-state index in [1.165, 1.54) is 47.8 Å². The van der Waals surface area contributed by atoms with Gasteiger partial charge in [-0.25, -0.2) is 19.0 Å². The van der Waals surface area contributed by atoms with Crippen molar-refractivity contribution in [1.29, 1.82) is 0 Å². The van der Waals surface area contributed by atoms with Crippen LogP contribution in [0.5, 0.6) is 6.01 Å². The van der Waals surface area contributed by atoms with Gasteiger partial charge in [-0.15, -0.1) is 10.2 Å². The molecule has 7 aromatic rings. The second-order valence-corrected chi connectivity index (χ2v) is 12.0. The number of carbonyl (C=O) groups is 2. The molecule has 7 rings (SSSR count). The van der Waals surface area contributed by atoms with Crippen molar-refractivity contribution in [3.8, 4) is 29.3 Å². The number of aromatic nitrogens is 11. The number of esters is 2. The molecule has 0 aliphatic rings. The molecule has 5 heterocycles. The Labute approximate surface area is 323 Å². The largest absolute Gasteiger partial charge is 0.467 e. The number of aryl methyl sites for hydroxylation is 2. The number of nitrogens with two attached hydrogens (primary N) is 3. The van der Waals surface area contributed by atoms with E-state index in [9.17, 15) is 9.59 Å². The Kier molecular flexibility index (Phi) is 10.3. The number of methoxy groups -OCH3 is 3. The van der Waals surface area contributed by atoms with E-state index in [1.54, 1.807) is 36.0 Å². The van der Waals surface area contributed by atoms with Gasteiger partial charge < -0.3 is 31.0 Å². The number of quaternary nitrogens is 1. The lowest BCUT2D eigenvalue weighted by atomic mass is 10.3. The zero-order valence-electron chi connectivity index (χ0n) is 31.2. The number of nitrogen functional groups attached to an aromatic ring is 2. The van der Waals surface area contributed by atoms with E-state index in [2.05, 4.69) is 50.9 Å². The zero-order valence-corrected chi connectivity index (χ0v) is 31.2. The highest BCUT2D eigenvalue weighted by atomic mass is 16.5. The van der Waals surface area contributed by atoms with Crippen LogP contribution in [-0.4, -0.2) is 94.0 Å². The number of carbonyl (C=O) groups excluding carboxylic acids is 2. The van der Waals surface area contributed by atoms with Crippen LogP contribution in [0.4, 0.5) is 34.6 Å². The molecule has 5 aromatic heterocycles. The molecule has 0 atom stereocenters. The number of rotatable bonds is 13. The predicted molar refractivity (Wildman–Crippen MR) is 203 cm³/mol. The predicted octanol–water partition coefficient (Wildman–Crippen LogP) is 2.66. The molecule has 0 fully saturated rings. The molecule has 0 unspecified atom stereocenters. The highest BCUT2D eigenvalue weighted by Crippen LogP contribution is 2.32. The van der Waals surface area contributed by atoms with E-state index in [1.807, 2.05) is 48.5 Å². The zero-order chi connectivity index (χ0) is 40.2. The van der Waals surface area contributed by atoms with Gasteiger partial charge in [0.15, 0.2) is 35.5 Å². The molecule has 0 amide bonds. The number of nitrogens with zero attached hydrogens (tertiary/aromatic N) is 13. The van der Waals surface area contributed by atoms with Gasteiger partial charge in [0.1, 0.15) is 22.6 Å². The number of para-hydroxylation sites is 2. The lowest BCUT2D eigenvalue weighted by Gasteiger charge is -2.11. The van der Waals surface area contributed by atoms with Gasteiger partial charge in [-0.05, 0) is 38.1 Å². The average molecular weight is 775 g/mol. The second-order valence-electron chi connectivity index (χ2n) is 12.0. The first-order valence-electron chi connectivity index (χ1n) is 17.1. The van der Waals surface area contributed by atoms with Crippen molar-refractivity contribution < 1.29 is 29.1 Å². The maximum Gasteiger partial charge on any atom is 0.343 e. The molecular weight excluding hydrogens is 738 g/mol. The molecule has 0 saturated carbocycles. The lowest BCUT2D eigenvalue weighted by molar-refractivity contribution is -0.565. The Hall–Kier alpha value is -8.01. The van der Waals surface area contributed by atoms with Crippen LogP contribution in [0.15, 0.2) is 83.3 Å². The van der Waals surface area contributed by atoms with Gasteiger partial charge in [-0.3, -0.25) is 5.32 Å². The van der Waals surface area contributed by atoms with Gasteiger partial charge in [0, 0.05) is 0 Å². The van der Waals surface area contributed by atoms with Gasteiger partial charge in [0.05, 0.1) is 50.8 Å². The van der Waals surface area contributed by atoms with Gasteiger partial charge in [-0.2, -0.15) is 44.7 Å². The molecule has 0 saturated heterocycles. The lowest BCUT2D eigenvalue weighted by Crippen LogP contribution is -2.80. The smallest absolute Gasteiger partial charge is 0.343 e. The van der Waals surface area contributed by atoms with Crippen molar-refractivity contribution in [2.75, 3.05) is 44.8 Å². The van der Waals surface area contributed by atoms with Crippen LogP contribution in [0.2, 0.25) is 0 Å². The van der Waals surface area contributed by atoms with Crippen molar-refractivity contribution in [1.82, 2.24) is 54.1 Å². The fraction of sp³-hybridized carbons (Fsp3) is 0.171. The fourth-order valence-corrected chi connectivity index (χ4v) is 5.73. The molecule has 0 bridgehead atoms. The minimum absolute atomic E-state index is 0.00500. The first kappa shape index (κ1) is 37.3. The molecule has 0 radical (unpaired) electrons. The molecule has 2 aromatic carbocycles. The highest BCUT2D eigenvalue weighted by molar-refractivity contribution is 5.95. The summed E-state index contributed by atoms with van der Waals surface area (Å²) < 4.78 is 20.9. The topological polar surface area (TPSA) is 277 Å². The van der Waals surface area contributed by atoms with E-state index in [4.69, 9.17) is 25.7 Å². The van der Waals surface area contributed by atoms with Crippen LogP contribution in [0.3, 0.4) is 0 Å². The van der Waals surface area contributed by atoms with Crippen LogP contribution in [0, 0.1) is 13.8 Å². The van der Waals surface area contributed by atoms with Crippen LogP contribution < -0.4 is 26.8 Å². The van der Waals surface area contributed by atoms with E-state index in [0.29, 0.717) is 28.6 Å². The second kappa shape index (κ2) is 15.8. The summed E-state index contributed by atoms with van der Waals surface area (Å²) in [6.45, 7) is 3.66. The van der Waals surface area contributed by atoms with E-state index < -0.39 is 11.9 Å². The molecule has 0 aliphatic heterocycles. The molecule has 0 aliphatic carbocycles. The number of azo groups is 1. The van der Waals surface area contributed by atoms with Crippen LogP contribution >= 0.6 is 0 Å². The quantitative estimate of drug-likeness (QED) is 0.0745. The Morgan fingerprint density at radius 1 is 0.719 bits per heavy atom. The molecule has 22 heteroatoms. The third-order valence-corrected chi connectivity index (χ3v) is 8.51. The van der Waals surface area contributed by atoms with E-state index in [-0.39, 0.29) is 58.8 Å². The SMILES string of the molecule is COC(=O)c1cnn(-c2ccccc2)c1N=Nc1c(C)nn(-c2nc(OC)nc(-n3nc(C)c([NH2+]CNc4c(C(=O)OC)cnn4-c4ccccc4)c3N)n2)c1N. The number of hydrogen-bond acceptors (Lipinski definition) is 17. The van der Waals surface area contributed by atoms with E-state index in [0.717, 1.165) is 5.69 Å². The van der Waals surface area contributed by atoms with Crippen molar-refractivity contribution >= 4 is 46.6 Å². The van der Waals surface area contributed by atoms with Crippen molar-refractivity contribution in [3.63, 3.8) is 0 Å². The number of nitrogens with one attached hydrogen (secondary N) is 1. The van der Waals surface area contributed by atoms with Gasteiger partial charge in [-0.1, -0.05) is 36.4 Å². The highest BCUT2D eigenvalue weighted by Gasteiger charge is 2.25. The van der Waals surface area contributed by atoms with Gasteiger partial charge >= 0.3 is 17.9 Å². The summed E-state index contributed by atoms with van der Waals surface area (Å²) in [6, 6.07) is 18.3. The summed E-state index contributed by atoms with van der Waals surface area (Å²) in [6.07, 6.45) is 2.78. The van der Waals surface area contributed by atoms with Gasteiger partial charge in [0.2, 0.25) is 0 Å². The third kappa shape index (κ3) is 7.17. The first-order chi connectivity index (χ1) is 27.6. The Balaban J connectivity index is 1.18. The summed E-state index contributed by atoms with van der Waals surface area (Å²) in [5.74, 6) is -0.462. The molecule has 22 nitrogen and oxygen atoms in total. The average Bonchev–Trinajstić information content (AvgIpc) is 4.00. The van der Waals surface area contributed by atoms with Crippen LogP contribution in [-0.2, 0) is 9.47 Å². The number of benzene rings is 2. The van der Waals surface area contributed by atoms with Crippen LogP contribution in [0.25, 0.3) is 23.3 Å². The third-order valence-electron chi connectivity index (χ3n) is 8.51. The Bertz CT molecular complexity index is 2610. The normalized spacial score (nSPS) is 11.2. The molecule has 0 spiro atoms. The standard InChI is InChI=1S/C35H35N17O5/c1-19-25(38-18-39-29-23(31(53)55-3)16-40-49(29)21-12-8-6-9-13-21)27(36)51(47-19)33-42-34(44-35(43-33)57-5)52-28(37)26(20(2)48-52)45-46-30-24(32(54)56-4)17-41-50(30)22-14-10-7-11-15-22/h6-17,38-39H,18,36-37H2,1-5H3/p+1. The minimum atomic E-state index is -0.648. The molecule has 290 valence electrons.